The van der Waals surface area contributed by atoms with Gasteiger partial charge in [-0.1, -0.05) is 20.3 Å². The maximum atomic E-state index is 8.34. The number of aliphatic hydroxyl groups is 2. The lowest BCUT2D eigenvalue weighted by Crippen LogP contribution is -2.07. The minimum absolute atomic E-state index is 0.0922. The van der Waals surface area contributed by atoms with E-state index in [1.165, 1.54) is 0 Å². The van der Waals surface area contributed by atoms with Crippen molar-refractivity contribution in [3.05, 3.63) is 0 Å². The number of rotatable bonds is 12. The Labute approximate surface area is 111 Å². The fourth-order valence-electron chi connectivity index (χ4n) is 0.944. The van der Waals surface area contributed by atoms with Gasteiger partial charge in [0.2, 0.25) is 0 Å². The van der Waals surface area contributed by atoms with Gasteiger partial charge in [0.1, 0.15) is 0 Å². The van der Waals surface area contributed by atoms with Gasteiger partial charge in [-0.2, -0.15) is 0 Å². The smallest absolute Gasteiger partial charge is 0.0701 e. The Kier molecular flexibility index (Phi) is 24.6. The summed E-state index contributed by atoms with van der Waals surface area (Å²) in [5.74, 6) is 0. The van der Waals surface area contributed by atoms with Crippen LogP contribution in [0.5, 0.6) is 0 Å². The average molecular weight is 266 g/mol. The molecule has 0 spiro atoms. The van der Waals surface area contributed by atoms with Gasteiger partial charge in [0.05, 0.1) is 39.6 Å². The van der Waals surface area contributed by atoms with E-state index in [1.54, 1.807) is 0 Å². The van der Waals surface area contributed by atoms with Gasteiger partial charge in [-0.05, 0) is 12.8 Å². The van der Waals surface area contributed by atoms with E-state index < -0.39 is 0 Å². The number of hydrogen-bond donors (Lipinski definition) is 2. The first-order chi connectivity index (χ1) is 8.83. The molecule has 0 bridgehead atoms. The molecule has 5 heteroatoms. The quantitative estimate of drug-likeness (QED) is 0.520. The summed E-state index contributed by atoms with van der Waals surface area (Å²) in [6.45, 7) is 8.10. The van der Waals surface area contributed by atoms with Crippen LogP contribution in [0.4, 0.5) is 0 Å². The molecule has 18 heavy (non-hydrogen) atoms. The second-order valence-corrected chi connectivity index (χ2v) is 3.64. The van der Waals surface area contributed by atoms with Crippen LogP contribution >= 0.6 is 0 Å². The first-order valence-corrected chi connectivity index (χ1v) is 6.78. The highest BCUT2D eigenvalue weighted by Gasteiger charge is 1.87. The van der Waals surface area contributed by atoms with Crippen LogP contribution in [0.2, 0.25) is 0 Å². The summed E-state index contributed by atoms with van der Waals surface area (Å²) in [5.41, 5.74) is 0. The van der Waals surface area contributed by atoms with Gasteiger partial charge in [-0.25, -0.2) is 0 Å². The molecule has 112 valence electrons. The predicted octanol–water partition coefficient (Wildman–Crippen LogP) is 1.22. The third kappa shape index (κ3) is 24.9. The molecule has 0 saturated carbocycles. The van der Waals surface area contributed by atoms with Crippen molar-refractivity contribution in [1.82, 2.24) is 0 Å². The van der Waals surface area contributed by atoms with Gasteiger partial charge in [0.15, 0.2) is 0 Å². The lowest BCUT2D eigenvalue weighted by molar-refractivity contribution is 0.0324. The number of hydrogen-bond acceptors (Lipinski definition) is 5. The molecule has 0 heterocycles. The zero-order valence-corrected chi connectivity index (χ0v) is 11.9. The maximum Gasteiger partial charge on any atom is 0.0701 e. The Morgan fingerprint density at radius 3 is 1.56 bits per heavy atom. The molecule has 0 aliphatic rings. The molecule has 0 unspecified atom stereocenters. The summed E-state index contributed by atoms with van der Waals surface area (Å²) in [4.78, 5) is 0. The lowest BCUT2D eigenvalue weighted by Gasteiger charge is -2.02. The van der Waals surface area contributed by atoms with Crippen LogP contribution < -0.4 is 0 Å². The first kappa shape index (κ1) is 20.1. The molecular weight excluding hydrogens is 236 g/mol. The van der Waals surface area contributed by atoms with E-state index in [0.717, 1.165) is 32.5 Å². The van der Waals surface area contributed by atoms with Crippen molar-refractivity contribution in [2.24, 2.45) is 0 Å². The Morgan fingerprint density at radius 2 is 1.11 bits per heavy atom. The van der Waals surface area contributed by atoms with Crippen molar-refractivity contribution in [2.75, 3.05) is 52.9 Å². The van der Waals surface area contributed by atoms with E-state index in [1.807, 2.05) is 6.92 Å². The SMILES string of the molecule is CCCCOCCOCCO.CCCOCCO. The lowest BCUT2D eigenvalue weighted by atomic mass is 10.4. The Balaban J connectivity index is 0. The standard InChI is InChI=1S/C8H18O3.C5H12O2/c1-2-3-5-10-7-8-11-6-4-9;1-2-4-7-5-3-6/h9H,2-8H2,1H3;6H,2-5H2,1H3. The Morgan fingerprint density at radius 1 is 0.611 bits per heavy atom. The molecule has 0 aromatic rings. The van der Waals surface area contributed by atoms with Gasteiger partial charge in [-0.3, -0.25) is 0 Å². The van der Waals surface area contributed by atoms with Gasteiger partial charge < -0.3 is 24.4 Å². The monoisotopic (exact) mass is 266 g/mol. The third-order valence-electron chi connectivity index (χ3n) is 1.83. The van der Waals surface area contributed by atoms with Crippen molar-refractivity contribution >= 4 is 0 Å². The van der Waals surface area contributed by atoms with Crippen LogP contribution in [0.3, 0.4) is 0 Å². The highest BCUT2D eigenvalue weighted by Crippen LogP contribution is 1.87. The third-order valence-corrected chi connectivity index (χ3v) is 1.83. The van der Waals surface area contributed by atoms with E-state index >= 15 is 0 Å². The second kappa shape index (κ2) is 22.0. The number of unbranched alkanes of at least 4 members (excludes halogenated alkanes) is 1. The van der Waals surface area contributed by atoms with Crippen molar-refractivity contribution in [1.29, 1.82) is 0 Å². The first-order valence-electron chi connectivity index (χ1n) is 6.78. The van der Waals surface area contributed by atoms with Crippen LogP contribution in [0, 0.1) is 0 Å². The summed E-state index contributed by atoms with van der Waals surface area (Å²) in [6, 6.07) is 0. The van der Waals surface area contributed by atoms with Crippen molar-refractivity contribution < 1.29 is 24.4 Å². The van der Waals surface area contributed by atoms with Gasteiger partial charge >= 0.3 is 0 Å². The average Bonchev–Trinajstić information content (AvgIpc) is 2.39. The normalized spacial score (nSPS) is 10.0. The number of ether oxygens (including phenoxy) is 3. The van der Waals surface area contributed by atoms with E-state index in [-0.39, 0.29) is 13.2 Å². The summed E-state index contributed by atoms with van der Waals surface area (Å²) >= 11 is 0. The molecular formula is C13H30O5. The van der Waals surface area contributed by atoms with Crippen LogP contribution in [0.15, 0.2) is 0 Å². The maximum absolute atomic E-state index is 8.34. The Hall–Kier alpha value is -0.200. The largest absolute Gasteiger partial charge is 0.394 e. The molecule has 0 saturated heterocycles. The van der Waals surface area contributed by atoms with Crippen LogP contribution in [-0.4, -0.2) is 63.1 Å². The Bertz CT molecular complexity index is 110. The molecule has 0 aliphatic heterocycles. The predicted molar refractivity (Wildman–Crippen MR) is 71.8 cm³/mol. The summed E-state index contributed by atoms with van der Waals surface area (Å²) in [7, 11) is 0. The van der Waals surface area contributed by atoms with Gasteiger partial charge in [0.25, 0.3) is 0 Å². The van der Waals surface area contributed by atoms with E-state index in [9.17, 15) is 0 Å². The fraction of sp³-hybridized carbons (Fsp3) is 1.00. The minimum atomic E-state index is 0.0922. The van der Waals surface area contributed by atoms with E-state index in [4.69, 9.17) is 24.4 Å². The molecule has 0 fully saturated rings. The van der Waals surface area contributed by atoms with Crippen molar-refractivity contribution in [2.45, 2.75) is 33.1 Å². The molecule has 0 rings (SSSR count). The van der Waals surface area contributed by atoms with Crippen LogP contribution in [0.1, 0.15) is 33.1 Å². The number of aliphatic hydroxyl groups excluding tert-OH is 2. The molecule has 2 N–H and O–H groups in total. The zero-order chi connectivity index (χ0) is 13.9. The molecule has 0 aliphatic carbocycles. The topological polar surface area (TPSA) is 68.2 Å². The van der Waals surface area contributed by atoms with E-state index in [2.05, 4.69) is 6.92 Å². The van der Waals surface area contributed by atoms with E-state index in [0.29, 0.717) is 26.4 Å². The molecule has 5 nitrogen and oxygen atoms in total. The molecule has 0 aromatic heterocycles. The van der Waals surface area contributed by atoms with Gasteiger partial charge in [0, 0.05) is 13.2 Å². The van der Waals surface area contributed by atoms with Crippen molar-refractivity contribution in [3.8, 4) is 0 Å². The molecule has 0 atom stereocenters. The van der Waals surface area contributed by atoms with Crippen LogP contribution in [-0.2, 0) is 14.2 Å². The fourth-order valence-corrected chi connectivity index (χ4v) is 0.944. The highest BCUT2D eigenvalue weighted by molar-refractivity contribution is 4.33. The summed E-state index contributed by atoms with van der Waals surface area (Å²) in [6.07, 6.45) is 3.30. The minimum Gasteiger partial charge on any atom is -0.394 e. The molecule has 0 amide bonds. The summed E-state index contributed by atoms with van der Waals surface area (Å²) < 4.78 is 15.1. The van der Waals surface area contributed by atoms with Gasteiger partial charge in [-0.15, -0.1) is 0 Å². The molecule has 0 radical (unpaired) electrons. The summed E-state index contributed by atoms with van der Waals surface area (Å²) in [5, 5.41) is 16.5. The molecule has 0 aromatic carbocycles. The second-order valence-electron chi connectivity index (χ2n) is 3.64. The highest BCUT2D eigenvalue weighted by atomic mass is 16.5. The van der Waals surface area contributed by atoms with Crippen molar-refractivity contribution in [3.63, 3.8) is 0 Å². The zero-order valence-electron chi connectivity index (χ0n) is 11.9. The van der Waals surface area contributed by atoms with Crippen LogP contribution in [0.25, 0.3) is 0 Å².